The molecule has 1 heterocycles. The third kappa shape index (κ3) is 2.45. The van der Waals surface area contributed by atoms with Crippen molar-refractivity contribution in [3.8, 4) is 11.4 Å². The first-order valence-electron chi connectivity index (χ1n) is 6.86. The number of tetrazole rings is 1. The largest absolute Gasteiger partial charge is 0.399 e. The van der Waals surface area contributed by atoms with Crippen LogP contribution in [0.15, 0.2) is 24.3 Å². The van der Waals surface area contributed by atoms with E-state index in [4.69, 9.17) is 5.73 Å². The van der Waals surface area contributed by atoms with Crippen LogP contribution in [0.4, 0.5) is 5.69 Å². The van der Waals surface area contributed by atoms with Crippen LogP contribution in [0.3, 0.4) is 0 Å². The Morgan fingerprint density at radius 1 is 1.26 bits per heavy atom. The van der Waals surface area contributed by atoms with Crippen molar-refractivity contribution in [2.45, 2.75) is 32.7 Å². The van der Waals surface area contributed by atoms with Crippen molar-refractivity contribution < 1.29 is 0 Å². The third-order valence-corrected chi connectivity index (χ3v) is 4.15. The molecular formula is C14H19N5. The minimum absolute atomic E-state index is 0.691. The maximum absolute atomic E-state index is 5.71. The molecule has 100 valence electrons. The Labute approximate surface area is 112 Å². The number of nitrogens with two attached hydrogens (primary N) is 1. The van der Waals surface area contributed by atoms with Gasteiger partial charge in [-0.05, 0) is 52.9 Å². The zero-order valence-corrected chi connectivity index (χ0v) is 11.2. The maximum Gasteiger partial charge on any atom is 0.182 e. The molecular weight excluding hydrogens is 238 g/mol. The predicted molar refractivity (Wildman–Crippen MR) is 74.2 cm³/mol. The van der Waals surface area contributed by atoms with E-state index in [1.54, 1.807) is 0 Å². The average molecular weight is 257 g/mol. The molecule has 2 atom stereocenters. The Kier molecular flexibility index (Phi) is 3.19. The number of aromatic nitrogens is 4. The van der Waals surface area contributed by atoms with Gasteiger partial charge in [0.15, 0.2) is 5.82 Å². The van der Waals surface area contributed by atoms with E-state index in [9.17, 15) is 0 Å². The van der Waals surface area contributed by atoms with Gasteiger partial charge in [-0.3, -0.25) is 0 Å². The summed E-state index contributed by atoms with van der Waals surface area (Å²) >= 11 is 0. The van der Waals surface area contributed by atoms with Crippen molar-refractivity contribution in [1.82, 2.24) is 20.2 Å². The summed E-state index contributed by atoms with van der Waals surface area (Å²) in [6.45, 7) is 3.23. The lowest BCUT2D eigenvalue weighted by molar-refractivity contribution is 0.346. The summed E-state index contributed by atoms with van der Waals surface area (Å²) in [5, 5.41) is 12.1. The highest BCUT2D eigenvalue weighted by Crippen LogP contribution is 2.32. The van der Waals surface area contributed by atoms with Crippen LogP contribution in [0.25, 0.3) is 11.4 Å². The Morgan fingerprint density at radius 2 is 2.05 bits per heavy atom. The number of hydrogen-bond donors (Lipinski definition) is 1. The van der Waals surface area contributed by atoms with Gasteiger partial charge in [-0.25, -0.2) is 4.68 Å². The Morgan fingerprint density at radius 3 is 2.74 bits per heavy atom. The molecule has 0 saturated heterocycles. The maximum atomic E-state index is 5.71. The van der Waals surface area contributed by atoms with Gasteiger partial charge in [0.2, 0.25) is 0 Å². The van der Waals surface area contributed by atoms with Crippen molar-refractivity contribution in [1.29, 1.82) is 0 Å². The minimum Gasteiger partial charge on any atom is -0.399 e. The van der Waals surface area contributed by atoms with Gasteiger partial charge in [0.1, 0.15) is 0 Å². The lowest BCUT2D eigenvalue weighted by Gasteiger charge is -2.15. The van der Waals surface area contributed by atoms with Crippen LogP contribution in [0, 0.1) is 11.8 Å². The van der Waals surface area contributed by atoms with Gasteiger partial charge in [-0.2, -0.15) is 0 Å². The molecule has 19 heavy (non-hydrogen) atoms. The molecule has 1 aromatic heterocycles. The third-order valence-electron chi connectivity index (χ3n) is 4.15. The highest BCUT2D eigenvalue weighted by molar-refractivity contribution is 5.58. The van der Waals surface area contributed by atoms with E-state index in [2.05, 4.69) is 22.4 Å². The smallest absolute Gasteiger partial charge is 0.182 e. The molecule has 0 aliphatic heterocycles. The first kappa shape index (κ1) is 12.1. The van der Waals surface area contributed by atoms with Crippen LogP contribution in [-0.2, 0) is 6.54 Å². The summed E-state index contributed by atoms with van der Waals surface area (Å²) < 4.78 is 1.93. The number of nitrogens with zero attached hydrogens (tertiary/aromatic N) is 4. The predicted octanol–water partition coefficient (Wildman–Crippen LogP) is 2.36. The van der Waals surface area contributed by atoms with E-state index in [-0.39, 0.29) is 0 Å². The van der Waals surface area contributed by atoms with Crippen LogP contribution in [-0.4, -0.2) is 20.2 Å². The summed E-state index contributed by atoms with van der Waals surface area (Å²) in [6, 6.07) is 7.70. The molecule has 5 heteroatoms. The SMILES string of the molecule is CC1CCCC1Cn1nnnc1-c1ccc(N)cc1. The van der Waals surface area contributed by atoms with Gasteiger partial charge in [-0.15, -0.1) is 5.10 Å². The molecule has 0 radical (unpaired) electrons. The standard InChI is InChI=1S/C14H19N5/c1-10-3-2-4-12(10)9-19-14(16-17-18-19)11-5-7-13(15)8-6-11/h5-8,10,12H,2-4,9,15H2,1H3. The van der Waals surface area contributed by atoms with E-state index in [1.807, 2.05) is 28.9 Å². The van der Waals surface area contributed by atoms with Gasteiger partial charge < -0.3 is 5.73 Å². The highest BCUT2D eigenvalue weighted by atomic mass is 15.5. The zero-order valence-electron chi connectivity index (χ0n) is 11.2. The van der Waals surface area contributed by atoms with Gasteiger partial charge in [0, 0.05) is 17.8 Å². The zero-order chi connectivity index (χ0) is 13.2. The van der Waals surface area contributed by atoms with Crippen molar-refractivity contribution >= 4 is 5.69 Å². The molecule has 1 aliphatic carbocycles. The van der Waals surface area contributed by atoms with Gasteiger partial charge in [0.05, 0.1) is 0 Å². The molecule has 3 rings (SSSR count). The topological polar surface area (TPSA) is 69.6 Å². The summed E-state index contributed by atoms with van der Waals surface area (Å²) in [5.74, 6) is 2.29. The molecule has 1 aromatic carbocycles. The van der Waals surface area contributed by atoms with Gasteiger partial charge >= 0.3 is 0 Å². The quantitative estimate of drug-likeness (QED) is 0.857. The van der Waals surface area contributed by atoms with Crippen molar-refractivity contribution in [3.05, 3.63) is 24.3 Å². The van der Waals surface area contributed by atoms with Gasteiger partial charge in [0.25, 0.3) is 0 Å². The molecule has 1 saturated carbocycles. The van der Waals surface area contributed by atoms with Crippen LogP contribution < -0.4 is 5.73 Å². The summed E-state index contributed by atoms with van der Waals surface area (Å²) in [5.41, 5.74) is 7.48. The molecule has 0 amide bonds. The summed E-state index contributed by atoms with van der Waals surface area (Å²) in [6.07, 6.45) is 3.93. The monoisotopic (exact) mass is 257 g/mol. The molecule has 1 aliphatic rings. The molecule has 0 spiro atoms. The second kappa shape index (κ2) is 4.99. The van der Waals surface area contributed by atoms with E-state index in [0.717, 1.165) is 29.5 Å². The lowest BCUT2D eigenvalue weighted by Crippen LogP contribution is -2.15. The molecule has 2 aromatic rings. The average Bonchev–Trinajstić information content (AvgIpc) is 3.01. The fourth-order valence-electron chi connectivity index (χ4n) is 2.88. The van der Waals surface area contributed by atoms with Crippen LogP contribution in [0.2, 0.25) is 0 Å². The second-order valence-electron chi connectivity index (χ2n) is 5.47. The van der Waals surface area contributed by atoms with Crippen molar-refractivity contribution in [3.63, 3.8) is 0 Å². The van der Waals surface area contributed by atoms with E-state index >= 15 is 0 Å². The molecule has 1 fully saturated rings. The minimum atomic E-state index is 0.691. The van der Waals surface area contributed by atoms with E-state index < -0.39 is 0 Å². The van der Waals surface area contributed by atoms with Crippen LogP contribution >= 0.6 is 0 Å². The first-order valence-corrected chi connectivity index (χ1v) is 6.86. The number of anilines is 1. The first-order chi connectivity index (χ1) is 9.24. The van der Waals surface area contributed by atoms with Crippen LogP contribution in [0.1, 0.15) is 26.2 Å². The highest BCUT2D eigenvalue weighted by Gasteiger charge is 2.25. The molecule has 0 bridgehead atoms. The van der Waals surface area contributed by atoms with Gasteiger partial charge in [-0.1, -0.05) is 19.8 Å². The number of nitrogen functional groups attached to an aromatic ring is 1. The van der Waals surface area contributed by atoms with Crippen LogP contribution in [0.5, 0.6) is 0 Å². The number of hydrogen-bond acceptors (Lipinski definition) is 4. The lowest BCUT2D eigenvalue weighted by atomic mass is 9.98. The normalized spacial score (nSPS) is 22.8. The Hall–Kier alpha value is -1.91. The molecule has 2 N–H and O–H groups in total. The Balaban J connectivity index is 1.84. The van der Waals surface area contributed by atoms with Crippen molar-refractivity contribution in [2.75, 3.05) is 5.73 Å². The molecule has 5 nitrogen and oxygen atoms in total. The Bertz CT molecular complexity index is 545. The summed E-state index contributed by atoms with van der Waals surface area (Å²) in [7, 11) is 0. The fraction of sp³-hybridized carbons (Fsp3) is 0.500. The fourth-order valence-corrected chi connectivity index (χ4v) is 2.88. The molecule has 2 unspecified atom stereocenters. The van der Waals surface area contributed by atoms with E-state index in [1.165, 1.54) is 19.3 Å². The second-order valence-corrected chi connectivity index (χ2v) is 5.47. The van der Waals surface area contributed by atoms with E-state index in [0.29, 0.717) is 5.92 Å². The van der Waals surface area contributed by atoms with Crippen molar-refractivity contribution in [2.24, 2.45) is 11.8 Å². The summed E-state index contributed by atoms with van der Waals surface area (Å²) in [4.78, 5) is 0. The number of benzene rings is 1. The number of rotatable bonds is 3.